The van der Waals surface area contributed by atoms with Crippen LogP contribution in [0.3, 0.4) is 0 Å². The summed E-state index contributed by atoms with van der Waals surface area (Å²) in [5.74, 6) is -0.661. The van der Waals surface area contributed by atoms with E-state index in [1.807, 2.05) is 0 Å². The van der Waals surface area contributed by atoms with Gasteiger partial charge in [-0.1, -0.05) is 6.07 Å². The number of nitro groups is 1. The summed E-state index contributed by atoms with van der Waals surface area (Å²) in [5, 5.41) is 13.2. The summed E-state index contributed by atoms with van der Waals surface area (Å²) in [6.07, 6.45) is -0.0569. The van der Waals surface area contributed by atoms with Gasteiger partial charge in [0.05, 0.1) is 18.5 Å². The number of hydrogen-bond donors (Lipinski definition) is 1. The molecule has 0 bridgehead atoms. The van der Waals surface area contributed by atoms with Gasteiger partial charge in [0.25, 0.3) is 5.69 Å². The smallest absolute Gasteiger partial charge is 0.290 e. The van der Waals surface area contributed by atoms with Crippen molar-refractivity contribution in [3.63, 3.8) is 0 Å². The molecule has 120 valence electrons. The molecule has 0 fully saturated rings. The van der Waals surface area contributed by atoms with Crippen molar-refractivity contribution in [1.82, 2.24) is 4.98 Å². The molecule has 0 saturated heterocycles. The first kappa shape index (κ1) is 16.3. The molecule has 0 aliphatic carbocycles. The van der Waals surface area contributed by atoms with Crippen LogP contribution in [0, 0.1) is 22.9 Å². The van der Waals surface area contributed by atoms with Gasteiger partial charge in [-0.05, 0) is 30.7 Å². The van der Waals surface area contributed by atoms with E-state index < -0.39 is 16.6 Å². The molecule has 1 heterocycles. The fourth-order valence-corrected chi connectivity index (χ4v) is 2.01. The number of ether oxygens (including phenoxy) is 1. The first-order valence-electron chi connectivity index (χ1n) is 6.65. The molecule has 0 atom stereocenters. The van der Waals surface area contributed by atoms with Crippen LogP contribution in [0.1, 0.15) is 11.3 Å². The molecule has 1 amide bonds. The second-order valence-electron chi connectivity index (χ2n) is 4.75. The second-order valence-corrected chi connectivity index (χ2v) is 4.75. The first-order chi connectivity index (χ1) is 10.9. The van der Waals surface area contributed by atoms with Crippen molar-refractivity contribution in [2.24, 2.45) is 0 Å². The van der Waals surface area contributed by atoms with E-state index in [-0.39, 0.29) is 29.4 Å². The molecule has 0 radical (unpaired) electrons. The molecule has 8 heteroatoms. The van der Waals surface area contributed by atoms with Crippen molar-refractivity contribution in [3.8, 4) is 5.75 Å². The zero-order chi connectivity index (χ0) is 17.0. The largest absolute Gasteiger partial charge is 0.494 e. The lowest BCUT2D eigenvalue weighted by Gasteiger charge is -2.07. The average molecular weight is 319 g/mol. The van der Waals surface area contributed by atoms with E-state index in [4.69, 9.17) is 4.74 Å². The summed E-state index contributed by atoms with van der Waals surface area (Å²) in [6, 6.07) is 6.85. The summed E-state index contributed by atoms with van der Waals surface area (Å²) in [7, 11) is 1.35. The van der Waals surface area contributed by atoms with Crippen molar-refractivity contribution < 1.29 is 18.8 Å². The third-order valence-corrected chi connectivity index (χ3v) is 3.10. The average Bonchev–Trinajstić information content (AvgIpc) is 2.47. The highest BCUT2D eigenvalue weighted by molar-refractivity contribution is 5.91. The van der Waals surface area contributed by atoms with E-state index in [0.717, 1.165) is 0 Å². The Labute approximate surface area is 131 Å². The predicted octanol–water partition coefficient (Wildman–Crippen LogP) is 2.63. The summed E-state index contributed by atoms with van der Waals surface area (Å²) >= 11 is 0. The number of carbonyl (C=O) groups excluding carboxylic acids is 1. The summed E-state index contributed by atoms with van der Waals surface area (Å²) in [5.41, 5.74) is 0.544. The van der Waals surface area contributed by atoms with Crippen LogP contribution in [0.4, 0.5) is 15.9 Å². The lowest BCUT2D eigenvalue weighted by atomic mass is 10.1. The molecule has 0 saturated carbocycles. The molecule has 0 spiro atoms. The van der Waals surface area contributed by atoms with Crippen molar-refractivity contribution >= 4 is 17.4 Å². The maximum absolute atomic E-state index is 13.6. The zero-order valence-corrected chi connectivity index (χ0v) is 12.5. The Morgan fingerprint density at radius 2 is 2.13 bits per heavy atom. The van der Waals surface area contributed by atoms with Crippen molar-refractivity contribution in [3.05, 3.63) is 57.5 Å². The van der Waals surface area contributed by atoms with Crippen LogP contribution in [0.2, 0.25) is 0 Å². The van der Waals surface area contributed by atoms with Gasteiger partial charge in [0.15, 0.2) is 11.6 Å². The standard InChI is InChI=1S/C15H14FN3O4/c1-9-12(19(21)22)4-6-14(17-9)18-15(20)8-10-3-5-13(23-2)11(16)7-10/h3-7H,8H2,1-2H3,(H,17,18,20). The number of hydrogen-bond acceptors (Lipinski definition) is 5. The van der Waals surface area contributed by atoms with E-state index in [2.05, 4.69) is 10.3 Å². The number of aryl methyl sites for hydroxylation is 1. The van der Waals surface area contributed by atoms with Crippen LogP contribution in [0.5, 0.6) is 5.75 Å². The van der Waals surface area contributed by atoms with Crippen LogP contribution >= 0.6 is 0 Å². The molecule has 1 aromatic carbocycles. The van der Waals surface area contributed by atoms with Crippen molar-refractivity contribution in [2.45, 2.75) is 13.3 Å². The Balaban J connectivity index is 2.06. The number of pyridine rings is 1. The van der Waals surface area contributed by atoms with E-state index >= 15 is 0 Å². The van der Waals surface area contributed by atoms with E-state index in [9.17, 15) is 19.3 Å². The molecule has 1 aromatic heterocycles. The molecule has 7 nitrogen and oxygen atoms in total. The van der Waals surface area contributed by atoms with Crippen LogP contribution in [-0.2, 0) is 11.2 Å². The normalized spacial score (nSPS) is 10.2. The van der Waals surface area contributed by atoms with Gasteiger partial charge >= 0.3 is 0 Å². The number of nitrogens with one attached hydrogen (secondary N) is 1. The number of methoxy groups -OCH3 is 1. The molecule has 0 aliphatic heterocycles. The number of carbonyl (C=O) groups is 1. The van der Waals surface area contributed by atoms with E-state index in [0.29, 0.717) is 5.56 Å². The highest BCUT2D eigenvalue weighted by atomic mass is 19.1. The fourth-order valence-electron chi connectivity index (χ4n) is 2.01. The minimum atomic E-state index is -0.554. The lowest BCUT2D eigenvalue weighted by molar-refractivity contribution is -0.385. The van der Waals surface area contributed by atoms with Crippen molar-refractivity contribution in [1.29, 1.82) is 0 Å². The molecule has 0 aliphatic rings. The van der Waals surface area contributed by atoms with E-state index in [1.54, 1.807) is 6.07 Å². The fraction of sp³-hybridized carbons (Fsp3) is 0.200. The van der Waals surface area contributed by atoms with E-state index in [1.165, 1.54) is 38.3 Å². The predicted molar refractivity (Wildman–Crippen MR) is 80.9 cm³/mol. The molecular formula is C15H14FN3O4. The number of aromatic nitrogens is 1. The SMILES string of the molecule is COc1ccc(CC(=O)Nc2ccc([N+](=O)[O-])c(C)n2)cc1F. The Kier molecular flexibility index (Phi) is 4.85. The molecule has 2 aromatic rings. The quantitative estimate of drug-likeness (QED) is 0.675. The topological polar surface area (TPSA) is 94.4 Å². The van der Waals surface area contributed by atoms with Gasteiger partial charge in [-0.15, -0.1) is 0 Å². The molecule has 23 heavy (non-hydrogen) atoms. The number of benzene rings is 1. The van der Waals surface area contributed by atoms with Gasteiger partial charge in [-0.3, -0.25) is 14.9 Å². The van der Waals surface area contributed by atoms with Gasteiger partial charge in [-0.25, -0.2) is 9.37 Å². The lowest BCUT2D eigenvalue weighted by Crippen LogP contribution is -2.16. The molecule has 1 N–H and O–H groups in total. The van der Waals surface area contributed by atoms with Gasteiger partial charge in [0.2, 0.25) is 5.91 Å². The second kappa shape index (κ2) is 6.82. The number of nitrogens with zero attached hydrogens (tertiary/aromatic N) is 2. The van der Waals surface area contributed by atoms with Gasteiger partial charge < -0.3 is 10.1 Å². The summed E-state index contributed by atoms with van der Waals surface area (Å²) in [4.78, 5) is 26.1. The molecule has 2 rings (SSSR count). The summed E-state index contributed by atoms with van der Waals surface area (Å²) < 4.78 is 18.4. The summed E-state index contributed by atoms with van der Waals surface area (Å²) in [6.45, 7) is 1.48. The molecular weight excluding hydrogens is 305 g/mol. The van der Waals surface area contributed by atoms with Crippen LogP contribution in [-0.4, -0.2) is 22.9 Å². The number of rotatable bonds is 5. The Morgan fingerprint density at radius 1 is 1.39 bits per heavy atom. The first-order valence-corrected chi connectivity index (χ1v) is 6.65. The third-order valence-electron chi connectivity index (χ3n) is 3.10. The van der Waals surface area contributed by atoms with Crippen molar-refractivity contribution in [2.75, 3.05) is 12.4 Å². The molecule has 0 unspecified atom stereocenters. The van der Waals surface area contributed by atoms with Crippen LogP contribution < -0.4 is 10.1 Å². The number of halogens is 1. The maximum atomic E-state index is 13.6. The van der Waals surface area contributed by atoms with Crippen LogP contribution in [0.25, 0.3) is 0 Å². The minimum Gasteiger partial charge on any atom is -0.494 e. The van der Waals surface area contributed by atoms with Gasteiger partial charge in [0, 0.05) is 6.07 Å². The Hall–Kier alpha value is -3.03. The number of amides is 1. The highest BCUT2D eigenvalue weighted by Crippen LogP contribution is 2.19. The third kappa shape index (κ3) is 4.00. The minimum absolute atomic E-state index is 0.0569. The zero-order valence-electron chi connectivity index (χ0n) is 12.5. The Morgan fingerprint density at radius 3 is 2.70 bits per heavy atom. The van der Waals surface area contributed by atoms with Gasteiger partial charge in [0.1, 0.15) is 11.5 Å². The monoisotopic (exact) mass is 319 g/mol. The van der Waals surface area contributed by atoms with Gasteiger partial charge in [-0.2, -0.15) is 0 Å². The maximum Gasteiger partial charge on any atom is 0.290 e. The number of anilines is 1. The highest BCUT2D eigenvalue weighted by Gasteiger charge is 2.13. The Bertz CT molecular complexity index is 764. The van der Waals surface area contributed by atoms with Crippen LogP contribution in [0.15, 0.2) is 30.3 Å².